The fourth-order valence-corrected chi connectivity index (χ4v) is 3.40. The summed E-state index contributed by atoms with van der Waals surface area (Å²) >= 11 is 0. The molecule has 0 bridgehead atoms. The lowest BCUT2D eigenvalue weighted by Crippen LogP contribution is -2.44. The number of hydrogen-bond donors (Lipinski definition) is 1. The van der Waals surface area contributed by atoms with Crippen LogP contribution in [0, 0.1) is 11.3 Å². The molecule has 0 aromatic heterocycles. The third-order valence-electron chi connectivity index (χ3n) is 4.86. The van der Waals surface area contributed by atoms with Gasteiger partial charge >= 0.3 is 0 Å². The van der Waals surface area contributed by atoms with Crippen molar-refractivity contribution in [3.05, 3.63) is 0 Å². The van der Waals surface area contributed by atoms with Crippen molar-refractivity contribution < 1.29 is 0 Å². The molecule has 19 heavy (non-hydrogen) atoms. The van der Waals surface area contributed by atoms with Gasteiger partial charge in [-0.3, -0.25) is 0 Å². The quantitative estimate of drug-likeness (QED) is 0.604. The van der Waals surface area contributed by atoms with Crippen LogP contribution >= 0.6 is 0 Å². The highest BCUT2D eigenvalue weighted by molar-refractivity contribution is 4.89. The standard InChI is InChI=1S/C17H36N2/c1-5-12-18-14-17(10-8-9-11-17)15-19(7-3)13-16(4)6-2/h16,18H,5-15H2,1-4H3. The van der Waals surface area contributed by atoms with Crippen LogP contribution in [0.2, 0.25) is 0 Å². The monoisotopic (exact) mass is 268 g/mol. The maximum Gasteiger partial charge on any atom is 0.00501 e. The largest absolute Gasteiger partial charge is 0.316 e. The van der Waals surface area contributed by atoms with Crippen LogP contribution in [0.15, 0.2) is 0 Å². The van der Waals surface area contributed by atoms with E-state index in [9.17, 15) is 0 Å². The normalized spacial score (nSPS) is 20.1. The zero-order valence-corrected chi connectivity index (χ0v) is 13.8. The Kier molecular flexibility index (Phi) is 8.01. The Morgan fingerprint density at radius 3 is 2.37 bits per heavy atom. The Hall–Kier alpha value is -0.0800. The highest BCUT2D eigenvalue weighted by Crippen LogP contribution is 2.38. The Bertz CT molecular complexity index is 221. The predicted molar refractivity (Wildman–Crippen MR) is 85.6 cm³/mol. The van der Waals surface area contributed by atoms with E-state index in [1.165, 1.54) is 71.2 Å². The summed E-state index contributed by atoms with van der Waals surface area (Å²) in [5, 5.41) is 3.69. The van der Waals surface area contributed by atoms with Crippen molar-refractivity contribution >= 4 is 0 Å². The van der Waals surface area contributed by atoms with E-state index in [4.69, 9.17) is 0 Å². The topological polar surface area (TPSA) is 15.3 Å². The molecule has 2 heteroatoms. The molecule has 0 aromatic carbocycles. The van der Waals surface area contributed by atoms with Gasteiger partial charge in [0.2, 0.25) is 0 Å². The van der Waals surface area contributed by atoms with E-state index in [1.807, 2.05) is 0 Å². The van der Waals surface area contributed by atoms with Gasteiger partial charge in [0.05, 0.1) is 0 Å². The number of hydrogen-bond acceptors (Lipinski definition) is 2. The molecule has 1 aliphatic rings. The minimum Gasteiger partial charge on any atom is -0.316 e. The van der Waals surface area contributed by atoms with Crippen LogP contribution in [-0.4, -0.2) is 37.6 Å². The van der Waals surface area contributed by atoms with Gasteiger partial charge in [-0.2, -0.15) is 0 Å². The average molecular weight is 268 g/mol. The molecule has 0 aliphatic heterocycles. The van der Waals surface area contributed by atoms with Crippen molar-refractivity contribution in [2.45, 2.75) is 66.2 Å². The maximum atomic E-state index is 3.69. The summed E-state index contributed by atoms with van der Waals surface area (Å²) in [5.74, 6) is 0.835. The molecule has 0 heterocycles. The highest BCUT2D eigenvalue weighted by Gasteiger charge is 2.34. The van der Waals surface area contributed by atoms with Gasteiger partial charge in [0.15, 0.2) is 0 Å². The molecule has 0 amide bonds. The number of nitrogens with one attached hydrogen (secondary N) is 1. The van der Waals surface area contributed by atoms with Gasteiger partial charge in [-0.25, -0.2) is 0 Å². The number of rotatable bonds is 10. The van der Waals surface area contributed by atoms with E-state index in [0.29, 0.717) is 5.41 Å². The van der Waals surface area contributed by atoms with E-state index >= 15 is 0 Å². The molecule has 1 atom stereocenters. The van der Waals surface area contributed by atoms with E-state index in [-0.39, 0.29) is 0 Å². The zero-order valence-electron chi connectivity index (χ0n) is 13.8. The first kappa shape index (κ1) is 17.0. The molecule has 0 radical (unpaired) electrons. The second-order valence-electron chi connectivity index (χ2n) is 6.73. The first-order valence-electron chi connectivity index (χ1n) is 8.59. The second-order valence-corrected chi connectivity index (χ2v) is 6.73. The van der Waals surface area contributed by atoms with Crippen molar-refractivity contribution in [2.75, 3.05) is 32.7 Å². The summed E-state index contributed by atoms with van der Waals surface area (Å²) < 4.78 is 0. The molecule has 1 unspecified atom stereocenters. The van der Waals surface area contributed by atoms with Crippen LogP contribution in [0.5, 0.6) is 0 Å². The van der Waals surface area contributed by atoms with Gasteiger partial charge in [0, 0.05) is 19.6 Å². The van der Waals surface area contributed by atoms with Gasteiger partial charge in [0.25, 0.3) is 0 Å². The fourth-order valence-electron chi connectivity index (χ4n) is 3.40. The van der Waals surface area contributed by atoms with Crippen LogP contribution in [0.3, 0.4) is 0 Å². The highest BCUT2D eigenvalue weighted by atomic mass is 15.1. The lowest BCUT2D eigenvalue weighted by atomic mass is 9.85. The summed E-state index contributed by atoms with van der Waals surface area (Å²) in [4.78, 5) is 2.70. The maximum absolute atomic E-state index is 3.69. The van der Waals surface area contributed by atoms with Crippen LogP contribution in [0.1, 0.15) is 66.2 Å². The molecule has 0 aromatic rings. The van der Waals surface area contributed by atoms with E-state index < -0.39 is 0 Å². The molecular formula is C17H36N2. The molecule has 114 valence electrons. The van der Waals surface area contributed by atoms with Gasteiger partial charge in [-0.05, 0) is 43.7 Å². The van der Waals surface area contributed by atoms with Crippen LogP contribution in [0.4, 0.5) is 0 Å². The van der Waals surface area contributed by atoms with E-state index in [2.05, 4.69) is 37.9 Å². The van der Waals surface area contributed by atoms with Gasteiger partial charge < -0.3 is 10.2 Å². The van der Waals surface area contributed by atoms with Crippen LogP contribution in [0.25, 0.3) is 0 Å². The molecule has 1 aliphatic carbocycles. The molecule has 2 nitrogen and oxygen atoms in total. The Morgan fingerprint density at radius 1 is 1.16 bits per heavy atom. The second kappa shape index (κ2) is 8.97. The number of nitrogens with zero attached hydrogens (tertiary/aromatic N) is 1. The minimum atomic E-state index is 0.568. The zero-order chi connectivity index (χ0) is 14.1. The third-order valence-corrected chi connectivity index (χ3v) is 4.86. The van der Waals surface area contributed by atoms with Crippen LogP contribution in [-0.2, 0) is 0 Å². The molecule has 1 N–H and O–H groups in total. The van der Waals surface area contributed by atoms with E-state index in [0.717, 1.165) is 5.92 Å². The lowest BCUT2D eigenvalue weighted by molar-refractivity contribution is 0.138. The van der Waals surface area contributed by atoms with Crippen molar-refractivity contribution in [3.63, 3.8) is 0 Å². The Morgan fingerprint density at radius 2 is 1.84 bits per heavy atom. The van der Waals surface area contributed by atoms with Crippen molar-refractivity contribution in [1.82, 2.24) is 10.2 Å². The van der Waals surface area contributed by atoms with Gasteiger partial charge in [-0.1, -0.05) is 47.0 Å². The SMILES string of the molecule is CCCNCC1(CN(CC)CC(C)CC)CCCC1. The van der Waals surface area contributed by atoms with E-state index in [1.54, 1.807) is 0 Å². The lowest BCUT2D eigenvalue weighted by Gasteiger charge is -2.36. The molecule has 0 saturated heterocycles. The minimum absolute atomic E-state index is 0.568. The Labute approximate surface area is 121 Å². The average Bonchev–Trinajstić information content (AvgIpc) is 2.87. The Balaban J connectivity index is 2.50. The third kappa shape index (κ3) is 5.83. The summed E-state index contributed by atoms with van der Waals surface area (Å²) in [6.07, 6.45) is 8.29. The van der Waals surface area contributed by atoms with Crippen molar-refractivity contribution in [2.24, 2.45) is 11.3 Å². The molecular weight excluding hydrogens is 232 g/mol. The van der Waals surface area contributed by atoms with Crippen molar-refractivity contribution in [3.8, 4) is 0 Å². The van der Waals surface area contributed by atoms with Crippen molar-refractivity contribution in [1.29, 1.82) is 0 Å². The predicted octanol–water partition coefficient (Wildman–Crippen LogP) is 3.91. The van der Waals surface area contributed by atoms with Crippen LogP contribution < -0.4 is 5.32 Å². The fraction of sp³-hybridized carbons (Fsp3) is 1.00. The molecule has 1 fully saturated rings. The molecule has 1 rings (SSSR count). The first-order chi connectivity index (χ1) is 9.15. The summed E-state index contributed by atoms with van der Waals surface area (Å²) in [6.45, 7) is 15.5. The molecule has 1 saturated carbocycles. The molecule has 0 spiro atoms. The van der Waals surface area contributed by atoms with Gasteiger partial charge in [-0.15, -0.1) is 0 Å². The smallest absolute Gasteiger partial charge is 0.00501 e. The summed E-state index contributed by atoms with van der Waals surface area (Å²) in [5.41, 5.74) is 0.568. The summed E-state index contributed by atoms with van der Waals surface area (Å²) in [6, 6.07) is 0. The summed E-state index contributed by atoms with van der Waals surface area (Å²) in [7, 11) is 0. The van der Waals surface area contributed by atoms with Gasteiger partial charge in [0.1, 0.15) is 0 Å². The first-order valence-corrected chi connectivity index (χ1v) is 8.59.